The molecular formula is C21H32ClIN4O2S. The Labute approximate surface area is 206 Å². The average Bonchev–Trinajstić information content (AvgIpc) is 2.73. The molecule has 168 valence electrons. The summed E-state index contributed by atoms with van der Waals surface area (Å²) < 4.78 is 5.94. The van der Waals surface area contributed by atoms with Crippen LogP contribution >= 0.6 is 47.3 Å². The maximum absolute atomic E-state index is 12.0. The second-order valence-electron chi connectivity index (χ2n) is 7.70. The number of likely N-dealkylation sites (N-methyl/N-ethyl adjacent to an activating group) is 1. The van der Waals surface area contributed by atoms with E-state index in [4.69, 9.17) is 16.3 Å². The zero-order valence-electron chi connectivity index (χ0n) is 17.7. The Bertz CT molecular complexity index is 705. The first-order chi connectivity index (χ1) is 14.0. The van der Waals surface area contributed by atoms with Crippen molar-refractivity contribution >= 4 is 59.2 Å². The van der Waals surface area contributed by atoms with Crippen LogP contribution in [0.5, 0.6) is 0 Å². The number of nitrogens with zero attached hydrogens (tertiary/aromatic N) is 3. The number of nitrogens with one attached hydrogen (secondary N) is 1. The fraction of sp³-hybridized carbons (Fsp3) is 0.619. The van der Waals surface area contributed by atoms with Crippen molar-refractivity contribution in [1.82, 2.24) is 15.1 Å². The SMILES string of the molecule is CN(C)C(=O)CN=C(NCCSc1ccc(Cl)cc1)N1CCC2OCCCC2C1.I. The largest absolute Gasteiger partial charge is 0.378 e. The van der Waals surface area contributed by atoms with Crippen LogP contribution in [0.4, 0.5) is 0 Å². The van der Waals surface area contributed by atoms with Crippen LogP contribution in [-0.4, -0.2) is 80.4 Å². The van der Waals surface area contributed by atoms with Gasteiger partial charge in [0.05, 0.1) is 6.10 Å². The van der Waals surface area contributed by atoms with Gasteiger partial charge in [0, 0.05) is 61.9 Å². The van der Waals surface area contributed by atoms with Crippen molar-refractivity contribution in [2.75, 3.05) is 52.6 Å². The summed E-state index contributed by atoms with van der Waals surface area (Å²) in [6.45, 7) is 3.69. The van der Waals surface area contributed by atoms with Crippen molar-refractivity contribution in [3.63, 3.8) is 0 Å². The number of halogens is 2. The van der Waals surface area contributed by atoms with Gasteiger partial charge in [-0.3, -0.25) is 4.79 Å². The standard InChI is InChI=1S/C21H31ClN4O2S.HI/c1-25(2)20(27)14-24-21(23-10-13-29-18-7-5-17(22)6-8-18)26-11-9-19-16(15-26)4-3-12-28-19;/h5-8,16,19H,3-4,9-15H2,1-2H3,(H,23,24);1H. The summed E-state index contributed by atoms with van der Waals surface area (Å²) in [5.74, 6) is 2.31. The molecule has 3 rings (SSSR count). The second-order valence-corrected chi connectivity index (χ2v) is 9.31. The Hall–Kier alpha value is -0.710. The van der Waals surface area contributed by atoms with Gasteiger partial charge in [0.1, 0.15) is 6.54 Å². The maximum Gasteiger partial charge on any atom is 0.243 e. The lowest BCUT2D eigenvalue weighted by Crippen LogP contribution is -2.52. The summed E-state index contributed by atoms with van der Waals surface area (Å²) in [6, 6.07) is 7.89. The molecule has 0 spiro atoms. The van der Waals surface area contributed by atoms with E-state index in [9.17, 15) is 4.79 Å². The first kappa shape index (κ1) is 25.5. The topological polar surface area (TPSA) is 57.2 Å². The van der Waals surface area contributed by atoms with Crippen molar-refractivity contribution in [2.45, 2.75) is 30.3 Å². The number of thioether (sulfide) groups is 1. The van der Waals surface area contributed by atoms with Gasteiger partial charge in [-0.1, -0.05) is 11.6 Å². The van der Waals surface area contributed by atoms with Crippen molar-refractivity contribution < 1.29 is 9.53 Å². The van der Waals surface area contributed by atoms with Crippen LogP contribution in [0.2, 0.25) is 5.02 Å². The third kappa shape index (κ3) is 7.76. The molecule has 2 atom stereocenters. The predicted molar refractivity (Wildman–Crippen MR) is 135 cm³/mol. The average molecular weight is 567 g/mol. The fourth-order valence-electron chi connectivity index (χ4n) is 3.69. The molecule has 2 aliphatic rings. The Kier molecular flexibility index (Phi) is 11.1. The molecule has 2 fully saturated rings. The van der Waals surface area contributed by atoms with Crippen LogP contribution in [0.25, 0.3) is 0 Å². The Balaban J connectivity index is 0.00000320. The lowest BCUT2D eigenvalue weighted by Gasteiger charge is -2.42. The molecule has 0 saturated carbocycles. The van der Waals surface area contributed by atoms with Gasteiger partial charge in [-0.2, -0.15) is 0 Å². The van der Waals surface area contributed by atoms with E-state index in [1.165, 1.54) is 11.3 Å². The molecule has 1 N–H and O–H groups in total. The third-order valence-corrected chi connectivity index (χ3v) is 6.61. The molecule has 6 nitrogen and oxygen atoms in total. The van der Waals surface area contributed by atoms with E-state index in [-0.39, 0.29) is 36.4 Å². The molecule has 1 amide bonds. The Morgan fingerprint density at radius 2 is 2.10 bits per heavy atom. The maximum atomic E-state index is 12.0. The predicted octanol–water partition coefficient (Wildman–Crippen LogP) is 3.58. The molecule has 2 unspecified atom stereocenters. The first-order valence-corrected chi connectivity index (χ1v) is 11.6. The molecule has 2 saturated heterocycles. The minimum Gasteiger partial charge on any atom is -0.378 e. The number of rotatable bonds is 6. The molecule has 9 heteroatoms. The summed E-state index contributed by atoms with van der Waals surface area (Å²) >= 11 is 7.72. The van der Waals surface area contributed by atoms with Crippen LogP contribution in [-0.2, 0) is 9.53 Å². The van der Waals surface area contributed by atoms with Gasteiger partial charge >= 0.3 is 0 Å². The number of ether oxygens (including phenoxy) is 1. The number of hydrogen-bond donors (Lipinski definition) is 1. The van der Waals surface area contributed by atoms with E-state index in [1.54, 1.807) is 30.8 Å². The number of piperidine rings is 1. The van der Waals surface area contributed by atoms with E-state index in [0.29, 0.717) is 12.0 Å². The van der Waals surface area contributed by atoms with Crippen molar-refractivity contribution in [3.8, 4) is 0 Å². The molecule has 0 aliphatic carbocycles. The van der Waals surface area contributed by atoms with Gasteiger partial charge in [-0.25, -0.2) is 4.99 Å². The summed E-state index contributed by atoms with van der Waals surface area (Å²) in [5.41, 5.74) is 0. The van der Waals surface area contributed by atoms with Crippen molar-refractivity contribution in [3.05, 3.63) is 29.3 Å². The van der Waals surface area contributed by atoms with Crippen molar-refractivity contribution in [2.24, 2.45) is 10.9 Å². The minimum absolute atomic E-state index is 0. The fourth-order valence-corrected chi connectivity index (χ4v) is 4.59. The summed E-state index contributed by atoms with van der Waals surface area (Å²) in [5, 5.41) is 4.23. The lowest BCUT2D eigenvalue weighted by molar-refractivity contribution is -0.127. The van der Waals surface area contributed by atoms with Crippen molar-refractivity contribution in [1.29, 1.82) is 0 Å². The number of carbonyl (C=O) groups is 1. The highest BCUT2D eigenvalue weighted by Gasteiger charge is 2.33. The molecule has 0 bridgehead atoms. The van der Waals surface area contributed by atoms with Gasteiger partial charge in [0.2, 0.25) is 5.91 Å². The summed E-state index contributed by atoms with van der Waals surface area (Å²) in [6.07, 6.45) is 3.74. The molecule has 30 heavy (non-hydrogen) atoms. The van der Waals surface area contributed by atoms with Gasteiger partial charge in [-0.05, 0) is 43.5 Å². The van der Waals surface area contributed by atoms with Crippen LogP contribution < -0.4 is 5.32 Å². The zero-order chi connectivity index (χ0) is 20.6. The Morgan fingerprint density at radius 3 is 2.83 bits per heavy atom. The number of aliphatic imine (C=N–C) groups is 1. The van der Waals surface area contributed by atoms with Gasteiger partial charge in [0.15, 0.2) is 5.96 Å². The van der Waals surface area contributed by atoms with Gasteiger partial charge < -0.3 is 19.9 Å². The molecular weight excluding hydrogens is 535 g/mol. The van der Waals surface area contributed by atoms with Crippen LogP contribution in [0.15, 0.2) is 34.2 Å². The third-order valence-electron chi connectivity index (χ3n) is 5.35. The van der Waals surface area contributed by atoms with E-state index in [2.05, 4.69) is 15.2 Å². The number of guanidine groups is 1. The van der Waals surface area contributed by atoms with Crippen LogP contribution in [0.1, 0.15) is 19.3 Å². The molecule has 1 aromatic carbocycles. The second kappa shape index (κ2) is 13.0. The highest BCUT2D eigenvalue weighted by atomic mass is 127. The van der Waals surface area contributed by atoms with E-state index in [0.717, 1.165) is 55.8 Å². The molecule has 1 aromatic rings. The highest BCUT2D eigenvalue weighted by molar-refractivity contribution is 14.0. The number of carbonyl (C=O) groups excluding carboxylic acids is 1. The quantitative estimate of drug-likeness (QED) is 0.188. The minimum atomic E-state index is 0. The molecule has 2 aliphatic heterocycles. The smallest absolute Gasteiger partial charge is 0.243 e. The van der Waals surface area contributed by atoms with Gasteiger partial charge in [-0.15, -0.1) is 35.7 Å². The highest BCUT2D eigenvalue weighted by Crippen LogP contribution is 2.28. The number of fused-ring (bicyclic) bond motifs is 1. The van der Waals surface area contributed by atoms with Crippen LogP contribution in [0.3, 0.4) is 0 Å². The summed E-state index contributed by atoms with van der Waals surface area (Å²) in [7, 11) is 3.52. The summed E-state index contributed by atoms with van der Waals surface area (Å²) in [4.78, 5) is 21.7. The van der Waals surface area contributed by atoms with E-state index in [1.807, 2.05) is 24.3 Å². The zero-order valence-corrected chi connectivity index (χ0v) is 21.6. The van der Waals surface area contributed by atoms with Crippen LogP contribution in [0, 0.1) is 5.92 Å². The number of benzene rings is 1. The molecule has 2 heterocycles. The number of likely N-dealkylation sites (tertiary alicyclic amines) is 1. The normalized spacial score (nSPS) is 21.4. The Morgan fingerprint density at radius 1 is 1.33 bits per heavy atom. The number of hydrogen-bond acceptors (Lipinski definition) is 4. The monoisotopic (exact) mass is 566 g/mol. The first-order valence-electron chi connectivity index (χ1n) is 10.3. The van der Waals surface area contributed by atoms with E-state index < -0.39 is 0 Å². The van der Waals surface area contributed by atoms with Gasteiger partial charge in [0.25, 0.3) is 0 Å². The number of amides is 1. The molecule has 0 aromatic heterocycles. The lowest BCUT2D eigenvalue weighted by atomic mass is 9.88. The van der Waals surface area contributed by atoms with E-state index >= 15 is 0 Å². The molecule has 0 radical (unpaired) electrons.